The molecule has 0 aromatic heterocycles. The zero-order chi connectivity index (χ0) is 14.3. The Bertz CT molecular complexity index is 450. The van der Waals surface area contributed by atoms with Crippen LogP contribution in [-0.2, 0) is 10.8 Å². The Morgan fingerprint density at radius 2 is 1.25 bits per heavy atom. The first kappa shape index (κ1) is 22.1. The van der Waals surface area contributed by atoms with Gasteiger partial charge in [0.2, 0.25) is 0 Å². The summed E-state index contributed by atoms with van der Waals surface area (Å²) in [6.45, 7) is 11.8. The monoisotopic (exact) mass is 308 g/mol. The van der Waals surface area contributed by atoms with Crippen molar-refractivity contribution in [1.29, 1.82) is 0 Å². The van der Waals surface area contributed by atoms with Crippen LogP contribution in [0.1, 0.15) is 63.0 Å². The molecule has 0 aliphatic heterocycles. The summed E-state index contributed by atoms with van der Waals surface area (Å²) in [6.07, 6.45) is 0. The zero-order valence-corrected chi connectivity index (χ0v) is 16.1. The maximum Gasteiger partial charge on any atom is 1.00 e. The maximum absolute atomic E-state index is 11.2. The van der Waals surface area contributed by atoms with Crippen LogP contribution in [0.25, 0.3) is 0 Å². The van der Waals surface area contributed by atoms with E-state index in [0.29, 0.717) is 11.1 Å². The smallest absolute Gasteiger partial charge is 1.00 e. The number of phenols is 1. The summed E-state index contributed by atoms with van der Waals surface area (Å²) in [4.78, 5) is 11.2. The fourth-order valence-electron chi connectivity index (χ4n) is 1.90. The average Bonchev–Trinajstić information content (AvgIpc) is 2.13. The van der Waals surface area contributed by atoms with E-state index in [9.17, 15) is 15.0 Å². The number of hydrogen-bond acceptors (Lipinski definition) is 2. The number of aromatic hydroxyl groups is 1. The second-order valence-electron chi connectivity index (χ2n) is 6.73. The molecule has 0 atom stereocenters. The normalized spacial score (nSPS) is 11.3. The summed E-state index contributed by atoms with van der Waals surface area (Å²) in [5.41, 5.74) is 0.979. The molecule has 3 nitrogen and oxygen atoms in total. The van der Waals surface area contributed by atoms with E-state index in [1.54, 1.807) is 12.1 Å². The van der Waals surface area contributed by atoms with Crippen LogP contribution < -0.4 is 42.0 Å². The van der Waals surface area contributed by atoms with E-state index in [1.807, 2.05) is 41.5 Å². The van der Waals surface area contributed by atoms with E-state index >= 15 is 0 Å². The maximum atomic E-state index is 11.2. The van der Waals surface area contributed by atoms with Gasteiger partial charge in [-0.25, -0.2) is 4.79 Å². The Balaban J connectivity index is 0. The Kier molecular flexibility index (Phi) is 7.91. The molecule has 0 heterocycles. The van der Waals surface area contributed by atoms with Gasteiger partial charge in [0.15, 0.2) is 0 Å². The van der Waals surface area contributed by atoms with Gasteiger partial charge in [-0.2, -0.15) is 0 Å². The van der Waals surface area contributed by atoms with Crippen LogP contribution in [0.2, 0.25) is 0 Å². The molecule has 0 unspecified atom stereocenters. The Morgan fingerprint density at radius 1 is 0.950 bits per heavy atom. The standard InChI is InChI=1S/C15H22O3.ClH.Na/c1-14(2,3)10-7-9(13(17)18)8-11(12(10)16)15(4,5)6;;/h7-8,16H,1-6H3,(H,17,18);1H;/q;;+1/p-1. The number of hydrogen-bond donors (Lipinski definition) is 2. The molecular formula is C15H22ClNaO3. The van der Waals surface area contributed by atoms with Gasteiger partial charge in [0.05, 0.1) is 5.56 Å². The van der Waals surface area contributed by atoms with Gasteiger partial charge in [-0.15, -0.1) is 0 Å². The summed E-state index contributed by atoms with van der Waals surface area (Å²) in [6, 6.07) is 3.12. The molecule has 0 spiro atoms. The van der Waals surface area contributed by atoms with E-state index < -0.39 is 5.97 Å². The molecule has 108 valence electrons. The van der Waals surface area contributed by atoms with Gasteiger partial charge in [0, 0.05) is 11.1 Å². The largest absolute Gasteiger partial charge is 1.00 e. The number of carboxylic acids is 1. The molecule has 0 aliphatic rings. The van der Waals surface area contributed by atoms with Crippen LogP contribution in [0.15, 0.2) is 12.1 Å². The molecule has 0 amide bonds. The Morgan fingerprint density at radius 3 is 1.45 bits per heavy atom. The molecule has 1 rings (SSSR count). The first-order valence-electron chi connectivity index (χ1n) is 6.06. The summed E-state index contributed by atoms with van der Waals surface area (Å²) in [7, 11) is 0. The van der Waals surface area contributed by atoms with Crippen LogP contribution in [0, 0.1) is 0 Å². The molecule has 2 N–H and O–H groups in total. The van der Waals surface area contributed by atoms with Crippen LogP contribution in [0.4, 0.5) is 0 Å². The Hall–Kier alpha value is -0.220. The molecule has 5 heteroatoms. The van der Waals surface area contributed by atoms with Crippen molar-refractivity contribution < 1.29 is 57.0 Å². The van der Waals surface area contributed by atoms with Crippen molar-refractivity contribution in [2.24, 2.45) is 0 Å². The minimum absolute atomic E-state index is 0. The second kappa shape index (κ2) is 7.17. The topological polar surface area (TPSA) is 57.5 Å². The first-order chi connectivity index (χ1) is 7.94. The molecule has 20 heavy (non-hydrogen) atoms. The number of aromatic carboxylic acids is 1. The van der Waals surface area contributed by atoms with Gasteiger partial charge < -0.3 is 22.6 Å². The average molecular weight is 309 g/mol. The first-order valence-corrected chi connectivity index (χ1v) is 6.06. The van der Waals surface area contributed by atoms with Gasteiger partial charge in [-0.3, -0.25) is 0 Å². The quantitative estimate of drug-likeness (QED) is 0.574. The fourth-order valence-corrected chi connectivity index (χ4v) is 1.90. The third kappa shape index (κ3) is 4.96. The summed E-state index contributed by atoms with van der Waals surface area (Å²) in [5.74, 6) is -0.758. The van der Waals surface area contributed by atoms with E-state index in [2.05, 4.69) is 0 Å². The molecule has 0 saturated heterocycles. The van der Waals surface area contributed by atoms with Crippen LogP contribution in [0.5, 0.6) is 5.75 Å². The van der Waals surface area contributed by atoms with Gasteiger partial charge >= 0.3 is 35.5 Å². The number of benzene rings is 1. The van der Waals surface area contributed by atoms with Gasteiger partial charge in [0.25, 0.3) is 0 Å². The van der Waals surface area contributed by atoms with Gasteiger partial charge in [0.1, 0.15) is 5.75 Å². The molecular weight excluding hydrogens is 287 g/mol. The van der Waals surface area contributed by atoms with E-state index in [0.717, 1.165) is 0 Å². The zero-order valence-electron chi connectivity index (χ0n) is 13.3. The van der Waals surface area contributed by atoms with Crippen molar-refractivity contribution in [1.82, 2.24) is 0 Å². The SMILES string of the molecule is CC(C)(C)c1cc(C(=O)O)cc(C(C)(C)C)c1O.[Cl-].[Na+]. The number of phenolic OH excluding ortho intramolecular Hbond substituents is 1. The number of carbonyl (C=O) groups is 1. The molecule has 1 aromatic rings. The molecule has 0 saturated carbocycles. The summed E-state index contributed by atoms with van der Waals surface area (Å²) in [5, 5.41) is 19.5. The molecule has 0 aliphatic carbocycles. The predicted molar refractivity (Wildman–Crippen MR) is 72.5 cm³/mol. The van der Waals surface area contributed by atoms with E-state index in [1.165, 1.54) is 0 Å². The molecule has 0 fully saturated rings. The Labute approximate surface area is 149 Å². The summed E-state index contributed by atoms with van der Waals surface area (Å²) < 4.78 is 0. The molecule has 0 bridgehead atoms. The van der Waals surface area contributed by atoms with E-state index in [-0.39, 0.29) is 64.1 Å². The summed E-state index contributed by atoms with van der Waals surface area (Å²) >= 11 is 0. The number of rotatable bonds is 1. The number of carboxylic acid groups (broad SMARTS) is 1. The van der Waals surface area contributed by atoms with Crippen molar-refractivity contribution >= 4 is 5.97 Å². The van der Waals surface area contributed by atoms with Crippen molar-refractivity contribution in [3.05, 3.63) is 28.8 Å². The second-order valence-corrected chi connectivity index (χ2v) is 6.73. The predicted octanol–water partition coefficient (Wildman–Crippen LogP) is -2.31. The van der Waals surface area contributed by atoms with Crippen LogP contribution in [-0.4, -0.2) is 16.2 Å². The minimum Gasteiger partial charge on any atom is -1.00 e. The third-order valence-corrected chi connectivity index (χ3v) is 2.97. The number of halogens is 1. The van der Waals surface area contributed by atoms with Crippen molar-refractivity contribution in [2.45, 2.75) is 52.4 Å². The van der Waals surface area contributed by atoms with E-state index in [4.69, 9.17) is 0 Å². The van der Waals surface area contributed by atoms with Crippen molar-refractivity contribution in [3.63, 3.8) is 0 Å². The minimum atomic E-state index is -0.967. The van der Waals surface area contributed by atoms with Crippen molar-refractivity contribution in [2.75, 3.05) is 0 Å². The fraction of sp³-hybridized carbons (Fsp3) is 0.533. The molecule has 0 radical (unpaired) electrons. The van der Waals surface area contributed by atoms with Gasteiger partial charge in [-0.05, 0) is 23.0 Å². The van der Waals surface area contributed by atoms with Crippen LogP contribution in [0.3, 0.4) is 0 Å². The third-order valence-electron chi connectivity index (χ3n) is 2.97. The van der Waals surface area contributed by atoms with Crippen LogP contribution >= 0.6 is 0 Å². The molecule has 1 aromatic carbocycles. The van der Waals surface area contributed by atoms with Gasteiger partial charge in [-0.1, -0.05) is 41.5 Å². The van der Waals surface area contributed by atoms with Crippen molar-refractivity contribution in [3.8, 4) is 5.75 Å².